The maximum atomic E-state index is 9.48. The number of nitrogens with zero attached hydrogens (tertiary/aromatic N) is 1. The van der Waals surface area contributed by atoms with Crippen molar-refractivity contribution in [3.05, 3.63) is 4.91 Å². The van der Waals surface area contributed by atoms with Crippen molar-refractivity contribution in [1.82, 2.24) is 0 Å². The second-order valence-electron chi connectivity index (χ2n) is 0.948. The van der Waals surface area contributed by atoms with E-state index < -0.39 is 0 Å². The first kappa shape index (κ1) is 6.33. The van der Waals surface area contributed by atoms with E-state index in [4.69, 9.17) is 0 Å². The number of alkyl halides is 1. The third-order valence-corrected chi connectivity index (χ3v) is 1.56. The first-order valence-corrected chi connectivity index (χ1v) is 3.02. The molecule has 0 bridgehead atoms. The van der Waals surface area contributed by atoms with Gasteiger partial charge in [0.1, 0.15) is 4.05 Å². The quantitative estimate of drug-likeness (QED) is 0.289. The zero-order chi connectivity index (χ0) is 4.99. The molecule has 0 aliphatic carbocycles. The second kappa shape index (κ2) is 3.52. The third kappa shape index (κ3) is 2.56. The van der Waals surface area contributed by atoms with Crippen molar-refractivity contribution in [3.63, 3.8) is 0 Å². The minimum Gasteiger partial charge on any atom is -0.150 e. The fraction of sp³-hybridized carbons (Fsp3) is 1.00. The van der Waals surface area contributed by atoms with Crippen molar-refractivity contribution in [1.29, 1.82) is 0 Å². The third-order valence-electron chi connectivity index (χ3n) is 0.451. The number of halogens is 1. The van der Waals surface area contributed by atoms with E-state index in [1.54, 1.807) is 0 Å². The van der Waals surface area contributed by atoms with Crippen molar-refractivity contribution in [2.24, 2.45) is 5.18 Å². The van der Waals surface area contributed by atoms with Crippen LogP contribution in [0.4, 0.5) is 0 Å². The van der Waals surface area contributed by atoms with E-state index in [0.29, 0.717) is 0 Å². The average Bonchev–Trinajstić information content (AvgIpc) is 1.65. The van der Waals surface area contributed by atoms with Crippen LogP contribution in [0.2, 0.25) is 0 Å². The van der Waals surface area contributed by atoms with Gasteiger partial charge in [-0.2, -0.15) is 0 Å². The molecule has 0 aliphatic heterocycles. The molecule has 0 heterocycles. The molecule has 0 rings (SSSR count). The topological polar surface area (TPSA) is 29.4 Å². The minimum absolute atomic E-state index is 0.0254. The summed E-state index contributed by atoms with van der Waals surface area (Å²) < 4.78 is -0.0254. The fourth-order valence-corrected chi connectivity index (χ4v) is 0.0745. The molecule has 0 radical (unpaired) electrons. The Morgan fingerprint density at radius 1 is 2.00 bits per heavy atom. The van der Waals surface area contributed by atoms with Crippen LogP contribution in [0.1, 0.15) is 13.3 Å². The monoisotopic (exact) mass is 199 g/mol. The van der Waals surface area contributed by atoms with Gasteiger partial charge in [-0.1, -0.05) is 34.7 Å². The van der Waals surface area contributed by atoms with E-state index in [0.717, 1.165) is 6.42 Å². The lowest BCUT2D eigenvalue weighted by molar-refractivity contribution is 0.894. The van der Waals surface area contributed by atoms with Gasteiger partial charge in [-0.3, -0.25) is 0 Å². The molecule has 1 atom stereocenters. The second-order valence-corrected chi connectivity index (χ2v) is 2.39. The lowest BCUT2D eigenvalue weighted by atomic mass is 10.5. The molecule has 0 aromatic carbocycles. The number of hydrogen-bond donors (Lipinski definition) is 0. The molecule has 0 aromatic rings. The molecule has 0 aromatic heterocycles. The summed E-state index contributed by atoms with van der Waals surface area (Å²) in [5.41, 5.74) is 0. The molecule has 6 heavy (non-hydrogen) atoms. The summed E-state index contributed by atoms with van der Waals surface area (Å²) in [6, 6.07) is 0. The van der Waals surface area contributed by atoms with Crippen LogP contribution in [0, 0.1) is 4.91 Å². The molecular formula is C3H6INO. The Bertz CT molecular complexity index is 48.1. The van der Waals surface area contributed by atoms with Crippen molar-refractivity contribution in [2.45, 2.75) is 17.4 Å². The molecule has 2 nitrogen and oxygen atoms in total. The van der Waals surface area contributed by atoms with E-state index in [1.807, 2.05) is 29.5 Å². The highest BCUT2D eigenvalue weighted by molar-refractivity contribution is 14.1. The smallest absolute Gasteiger partial charge is 0.143 e. The van der Waals surface area contributed by atoms with Gasteiger partial charge in [0.2, 0.25) is 0 Å². The molecule has 0 unspecified atom stereocenters. The Labute approximate surface area is 50.4 Å². The van der Waals surface area contributed by atoms with Crippen molar-refractivity contribution < 1.29 is 0 Å². The van der Waals surface area contributed by atoms with Gasteiger partial charge in [-0.15, -0.1) is 4.91 Å². The summed E-state index contributed by atoms with van der Waals surface area (Å²) >= 11 is 1.99. The van der Waals surface area contributed by atoms with E-state index in [2.05, 4.69) is 5.18 Å². The standard InChI is InChI=1S/C3H6INO/c1-2-3(4)5-6/h3H,2H2,1H3/t3-/m1/s1. The maximum Gasteiger partial charge on any atom is 0.143 e. The average molecular weight is 199 g/mol. The number of hydrogen-bond acceptors (Lipinski definition) is 2. The Balaban J connectivity index is 2.96. The molecule has 0 amide bonds. The van der Waals surface area contributed by atoms with E-state index in [9.17, 15) is 4.91 Å². The van der Waals surface area contributed by atoms with Crippen LogP contribution >= 0.6 is 22.6 Å². The number of rotatable bonds is 2. The maximum absolute atomic E-state index is 9.48. The lowest BCUT2D eigenvalue weighted by Crippen LogP contribution is -1.83. The van der Waals surface area contributed by atoms with E-state index >= 15 is 0 Å². The van der Waals surface area contributed by atoms with Crippen LogP contribution in [0.5, 0.6) is 0 Å². The highest BCUT2D eigenvalue weighted by atomic mass is 127. The molecule has 0 spiro atoms. The van der Waals surface area contributed by atoms with Gasteiger partial charge >= 0.3 is 0 Å². The predicted molar refractivity (Wildman–Crippen MR) is 33.9 cm³/mol. The van der Waals surface area contributed by atoms with Gasteiger partial charge in [-0.05, 0) is 6.42 Å². The largest absolute Gasteiger partial charge is 0.150 e. The van der Waals surface area contributed by atoms with Crippen molar-refractivity contribution >= 4 is 22.6 Å². The highest BCUT2D eigenvalue weighted by Crippen LogP contribution is 2.03. The van der Waals surface area contributed by atoms with Crippen LogP contribution in [0.3, 0.4) is 0 Å². The molecule has 0 N–H and O–H groups in total. The van der Waals surface area contributed by atoms with Crippen LogP contribution in [-0.2, 0) is 0 Å². The molecule has 0 saturated carbocycles. The van der Waals surface area contributed by atoms with E-state index in [1.165, 1.54) is 0 Å². The summed E-state index contributed by atoms with van der Waals surface area (Å²) in [6.07, 6.45) is 0.837. The van der Waals surface area contributed by atoms with Gasteiger partial charge < -0.3 is 0 Å². The van der Waals surface area contributed by atoms with Crippen LogP contribution < -0.4 is 0 Å². The zero-order valence-electron chi connectivity index (χ0n) is 3.52. The first-order chi connectivity index (χ1) is 2.81. The number of nitroso groups, excluding NO2 is 1. The summed E-state index contributed by atoms with van der Waals surface area (Å²) in [5, 5.41) is 2.74. The summed E-state index contributed by atoms with van der Waals surface area (Å²) in [4.78, 5) is 9.48. The predicted octanol–water partition coefficient (Wildman–Crippen LogP) is 1.92. The Kier molecular flexibility index (Phi) is 3.71. The van der Waals surface area contributed by atoms with Crippen molar-refractivity contribution in [2.75, 3.05) is 0 Å². The molecular weight excluding hydrogens is 193 g/mol. The molecule has 0 fully saturated rings. The zero-order valence-corrected chi connectivity index (χ0v) is 5.68. The van der Waals surface area contributed by atoms with Gasteiger partial charge in [0.25, 0.3) is 0 Å². The van der Waals surface area contributed by atoms with Crippen LogP contribution in [-0.4, -0.2) is 4.05 Å². The fourth-order valence-electron chi connectivity index (χ4n) is 0.0745. The van der Waals surface area contributed by atoms with Crippen LogP contribution in [0.25, 0.3) is 0 Å². The van der Waals surface area contributed by atoms with Gasteiger partial charge in [0.05, 0.1) is 0 Å². The molecule has 0 aliphatic rings. The van der Waals surface area contributed by atoms with Gasteiger partial charge in [-0.25, -0.2) is 0 Å². The van der Waals surface area contributed by atoms with Crippen molar-refractivity contribution in [3.8, 4) is 0 Å². The summed E-state index contributed by atoms with van der Waals surface area (Å²) in [6.45, 7) is 1.93. The minimum atomic E-state index is -0.0254. The lowest BCUT2D eigenvalue weighted by Gasteiger charge is -1.86. The molecule has 3 heteroatoms. The Morgan fingerprint density at radius 2 is 2.50 bits per heavy atom. The SMILES string of the molecule is CC[C@H](I)N=O. The van der Waals surface area contributed by atoms with Crippen LogP contribution in [0.15, 0.2) is 5.18 Å². The highest BCUT2D eigenvalue weighted by Gasteiger charge is 1.92. The van der Waals surface area contributed by atoms with E-state index in [-0.39, 0.29) is 4.05 Å². The Hall–Kier alpha value is 0.330. The first-order valence-electron chi connectivity index (χ1n) is 1.77. The summed E-state index contributed by atoms with van der Waals surface area (Å²) in [7, 11) is 0. The molecule has 0 saturated heterocycles. The normalized spacial score (nSPS) is 13.7. The molecule has 36 valence electrons. The Morgan fingerprint density at radius 3 is 2.50 bits per heavy atom. The van der Waals surface area contributed by atoms with Gasteiger partial charge in [0.15, 0.2) is 0 Å². The summed E-state index contributed by atoms with van der Waals surface area (Å²) in [5.74, 6) is 0. The van der Waals surface area contributed by atoms with Gasteiger partial charge in [0, 0.05) is 0 Å².